The maximum absolute atomic E-state index is 13.0. The second-order valence-corrected chi connectivity index (χ2v) is 7.92. The highest BCUT2D eigenvalue weighted by Gasteiger charge is 2.32. The minimum absolute atomic E-state index is 0.246. The van der Waals surface area contributed by atoms with Crippen LogP contribution < -0.4 is 5.32 Å². The molecule has 0 aliphatic heterocycles. The van der Waals surface area contributed by atoms with Crippen LogP contribution in [0.1, 0.15) is 46.1 Å². The number of ether oxygens (including phenoxy) is 1. The van der Waals surface area contributed by atoms with Crippen LogP contribution in [0.3, 0.4) is 0 Å². The predicted octanol–water partition coefficient (Wildman–Crippen LogP) is 7.36. The van der Waals surface area contributed by atoms with E-state index in [-0.39, 0.29) is 6.42 Å². The van der Waals surface area contributed by atoms with Crippen LogP contribution >= 0.6 is 0 Å². The maximum atomic E-state index is 13.0. The van der Waals surface area contributed by atoms with Crippen LogP contribution in [-0.4, -0.2) is 24.2 Å². The van der Waals surface area contributed by atoms with Gasteiger partial charge >= 0.3 is 18.3 Å². The number of nitrogens with zero attached hydrogens (tertiary/aromatic N) is 1. The van der Waals surface area contributed by atoms with Crippen molar-refractivity contribution in [3.05, 3.63) is 83.2 Å². The van der Waals surface area contributed by atoms with Gasteiger partial charge in [-0.1, -0.05) is 24.3 Å². The first-order valence-corrected chi connectivity index (χ1v) is 10.5. The Labute approximate surface area is 198 Å². The van der Waals surface area contributed by atoms with Gasteiger partial charge in [0, 0.05) is 23.9 Å². The number of nitrogens with one attached hydrogen (secondary N) is 1. The fourth-order valence-corrected chi connectivity index (χ4v) is 3.61. The molecule has 2 aromatic carbocycles. The predicted molar refractivity (Wildman–Crippen MR) is 119 cm³/mol. The van der Waals surface area contributed by atoms with Gasteiger partial charge in [-0.3, -0.25) is 4.98 Å². The van der Waals surface area contributed by atoms with Crippen LogP contribution in [0.25, 0.3) is 11.1 Å². The first-order chi connectivity index (χ1) is 16.4. The van der Waals surface area contributed by atoms with Gasteiger partial charge in [0.15, 0.2) is 0 Å². The Bertz CT molecular complexity index is 1160. The van der Waals surface area contributed by atoms with E-state index in [1.54, 1.807) is 37.3 Å². The molecule has 4 nitrogen and oxygen atoms in total. The lowest BCUT2D eigenvalue weighted by molar-refractivity contribution is -0.141. The third-order valence-electron chi connectivity index (χ3n) is 5.40. The molecule has 1 heterocycles. The molecule has 186 valence electrons. The molecule has 1 atom stereocenters. The number of anilines is 1. The molecule has 1 aromatic heterocycles. The van der Waals surface area contributed by atoms with Gasteiger partial charge in [0.2, 0.25) is 0 Å². The smallest absolute Gasteiger partial charge is 0.433 e. The summed E-state index contributed by atoms with van der Waals surface area (Å²) in [6, 6.07) is 12.6. The summed E-state index contributed by atoms with van der Waals surface area (Å²) in [5.74, 6) is -0.533. The molecule has 0 aliphatic carbocycles. The average Bonchev–Trinajstić information content (AvgIpc) is 2.81. The molecule has 3 rings (SSSR count). The number of alkyl halides is 6. The zero-order valence-electron chi connectivity index (χ0n) is 18.8. The molecule has 1 unspecified atom stereocenters. The monoisotopic (exact) mass is 496 g/mol. The molecule has 0 bridgehead atoms. The SMILES string of the molecule is COC(=O)c1ccc(NC(CCC(F)(F)F)c2ccc(-c3ccc(C(F)(F)F)nc3)cc2C)cc1. The Balaban J connectivity index is 1.87. The average molecular weight is 496 g/mol. The minimum atomic E-state index is -4.55. The number of aryl methyl sites for hydroxylation is 1. The fraction of sp³-hybridized carbons (Fsp3) is 0.280. The van der Waals surface area contributed by atoms with Crippen molar-refractivity contribution in [3.8, 4) is 11.1 Å². The Morgan fingerprint density at radius 2 is 1.63 bits per heavy atom. The van der Waals surface area contributed by atoms with Crippen molar-refractivity contribution >= 4 is 11.7 Å². The van der Waals surface area contributed by atoms with Crippen molar-refractivity contribution in [2.24, 2.45) is 0 Å². The van der Waals surface area contributed by atoms with Gasteiger partial charge in [-0.2, -0.15) is 26.3 Å². The van der Waals surface area contributed by atoms with Crippen molar-refractivity contribution in [2.75, 3.05) is 12.4 Å². The number of aromatic nitrogens is 1. The number of esters is 1. The van der Waals surface area contributed by atoms with E-state index < -0.39 is 36.5 Å². The number of pyridine rings is 1. The Morgan fingerprint density at radius 3 is 2.14 bits per heavy atom. The lowest BCUT2D eigenvalue weighted by atomic mass is 9.93. The molecule has 0 saturated heterocycles. The van der Waals surface area contributed by atoms with Crippen molar-refractivity contribution in [1.82, 2.24) is 4.98 Å². The number of hydrogen-bond acceptors (Lipinski definition) is 4. The summed E-state index contributed by atoms with van der Waals surface area (Å²) in [5.41, 5.74) is 2.11. The first kappa shape index (κ1) is 26.1. The molecule has 1 N–H and O–H groups in total. The number of carbonyl (C=O) groups is 1. The van der Waals surface area contributed by atoms with Gasteiger partial charge in [0.25, 0.3) is 0 Å². The van der Waals surface area contributed by atoms with E-state index >= 15 is 0 Å². The van der Waals surface area contributed by atoms with Gasteiger partial charge in [-0.05, 0) is 60.4 Å². The summed E-state index contributed by atoms with van der Waals surface area (Å²) in [7, 11) is 1.24. The number of halogens is 6. The molecule has 0 aliphatic rings. The van der Waals surface area contributed by atoms with Gasteiger partial charge in [-0.15, -0.1) is 0 Å². The molecule has 0 radical (unpaired) electrons. The summed E-state index contributed by atoms with van der Waals surface area (Å²) in [6.07, 6.45) is -9.06. The van der Waals surface area contributed by atoms with Gasteiger partial charge < -0.3 is 10.1 Å². The summed E-state index contributed by atoms with van der Waals surface area (Å²) in [6.45, 7) is 1.72. The van der Waals surface area contributed by atoms with Crippen molar-refractivity contribution < 1.29 is 35.9 Å². The molecular formula is C25H22F6N2O2. The van der Waals surface area contributed by atoms with Crippen molar-refractivity contribution in [1.29, 1.82) is 0 Å². The number of benzene rings is 2. The molecule has 0 amide bonds. The third-order valence-corrected chi connectivity index (χ3v) is 5.40. The molecule has 0 saturated carbocycles. The first-order valence-electron chi connectivity index (χ1n) is 10.5. The van der Waals surface area contributed by atoms with E-state index in [0.717, 1.165) is 12.3 Å². The topological polar surface area (TPSA) is 51.2 Å². The summed E-state index contributed by atoms with van der Waals surface area (Å²) >= 11 is 0. The number of hydrogen-bond donors (Lipinski definition) is 1. The van der Waals surface area contributed by atoms with Gasteiger partial charge in [-0.25, -0.2) is 4.79 Å². The van der Waals surface area contributed by atoms with Crippen LogP contribution in [0.4, 0.5) is 32.0 Å². The quantitative estimate of drug-likeness (QED) is 0.274. The molecule has 0 fully saturated rings. The largest absolute Gasteiger partial charge is 0.465 e. The third kappa shape index (κ3) is 6.97. The van der Waals surface area contributed by atoms with E-state index in [1.165, 1.54) is 25.3 Å². The highest BCUT2D eigenvalue weighted by atomic mass is 19.4. The van der Waals surface area contributed by atoms with Crippen LogP contribution in [-0.2, 0) is 10.9 Å². The van der Waals surface area contributed by atoms with E-state index in [2.05, 4.69) is 15.0 Å². The molecule has 0 spiro atoms. The maximum Gasteiger partial charge on any atom is 0.433 e. The van der Waals surface area contributed by atoms with Crippen LogP contribution in [0.15, 0.2) is 60.8 Å². The van der Waals surface area contributed by atoms with Crippen LogP contribution in [0.5, 0.6) is 0 Å². The highest BCUT2D eigenvalue weighted by Crippen LogP contribution is 2.34. The summed E-state index contributed by atoms with van der Waals surface area (Å²) in [4.78, 5) is 15.1. The second kappa shape index (κ2) is 10.4. The summed E-state index contributed by atoms with van der Waals surface area (Å²) < 4.78 is 81.9. The molecule has 3 aromatic rings. The highest BCUT2D eigenvalue weighted by molar-refractivity contribution is 5.89. The molecular weight excluding hydrogens is 474 g/mol. The number of methoxy groups -OCH3 is 1. The minimum Gasteiger partial charge on any atom is -0.465 e. The van der Waals surface area contributed by atoms with E-state index in [1.807, 2.05) is 0 Å². The second-order valence-electron chi connectivity index (χ2n) is 7.92. The molecule has 35 heavy (non-hydrogen) atoms. The number of carbonyl (C=O) groups excluding carboxylic acids is 1. The van der Waals surface area contributed by atoms with Crippen molar-refractivity contribution in [3.63, 3.8) is 0 Å². The Morgan fingerprint density at radius 1 is 0.971 bits per heavy atom. The van der Waals surface area contributed by atoms with Gasteiger partial charge in [0.1, 0.15) is 5.69 Å². The van der Waals surface area contributed by atoms with E-state index in [9.17, 15) is 31.1 Å². The number of rotatable bonds is 7. The summed E-state index contributed by atoms with van der Waals surface area (Å²) in [5, 5.41) is 3.09. The van der Waals surface area contributed by atoms with E-state index in [0.29, 0.717) is 33.5 Å². The standard InChI is InChI=1S/C25H22F6N2O2/c1-15-13-17(18-6-10-22(32-14-18)25(29,30)31)5-9-20(15)21(11-12-24(26,27)28)33-19-7-3-16(4-8-19)23(34)35-2/h3-10,13-14,21,33H,11-12H2,1-2H3. The lowest BCUT2D eigenvalue weighted by Crippen LogP contribution is -2.17. The lowest BCUT2D eigenvalue weighted by Gasteiger charge is -2.23. The fourth-order valence-electron chi connectivity index (χ4n) is 3.61. The van der Waals surface area contributed by atoms with E-state index in [4.69, 9.17) is 0 Å². The normalized spacial score (nSPS) is 12.8. The van der Waals surface area contributed by atoms with Crippen LogP contribution in [0.2, 0.25) is 0 Å². The van der Waals surface area contributed by atoms with Crippen LogP contribution in [0, 0.1) is 6.92 Å². The van der Waals surface area contributed by atoms with Gasteiger partial charge in [0.05, 0.1) is 18.7 Å². The zero-order valence-corrected chi connectivity index (χ0v) is 18.8. The zero-order chi connectivity index (χ0) is 25.8. The molecule has 10 heteroatoms. The Hall–Kier alpha value is -3.56. The van der Waals surface area contributed by atoms with Crippen molar-refractivity contribution in [2.45, 2.75) is 38.2 Å². The Kier molecular flexibility index (Phi) is 7.72.